The van der Waals surface area contributed by atoms with E-state index in [1.165, 1.54) is 0 Å². The third-order valence-corrected chi connectivity index (χ3v) is 4.74. The van der Waals surface area contributed by atoms with Crippen LogP contribution in [0.1, 0.15) is 0 Å². The molecule has 0 aliphatic carbocycles. The molecule has 1 heterocycles. The number of benzene rings is 2. The van der Waals surface area contributed by atoms with Gasteiger partial charge in [-0.2, -0.15) is 0 Å². The maximum Gasteiger partial charge on any atom is 0.161 e. The third-order valence-electron chi connectivity index (χ3n) is 2.96. The Hall–Kier alpha value is -1.23. The van der Waals surface area contributed by atoms with E-state index in [0.29, 0.717) is 15.5 Å². The normalized spacial score (nSPS) is 10.6. The zero-order valence-corrected chi connectivity index (χ0v) is 14.7. The summed E-state index contributed by atoms with van der Waals surface area (Å²) in [4.78, 5) is 9.00. The lowest BCUT2D eigenvalue weighted by Crippen LogP contribution is -1.95. The largest absolute Gasteiger partial charge is 0.227 e. The molecule has 2 nitrogen and oxygen atoms in total. The molecule has 0 aliphatic heterocycles. The zero-order chi connectivity index (χ0) is 14.8. The van der Waals surface area contributed by atoms with Gasteiger partial charge >= 0.3 is 0 Å². The molecule has 0 saturated heterocycles. The van der Waals surface area contributed by atoms with E-state index in [1.54, 1.807) is 0 Å². The number of aromatic nitrogens is 2. The number of rotatable bonds is 2. The summed E-state index contributed by atoms with van der Waals surface area (Å²) in [5, 5.41) is 0.404. The van der Waals surface area contributed by atoms with Gasteiger partial charge in [0.1, 0.15) is 5.15 Å². The summed E-state index contributed by atoms with van der Waals surface area (Å²) in [6.07, 6.45) is 0. The molecule has 0 N–H and O–H groups in total. The van der Waals surface area contributed by atoms with Crippen molar-refractivity contribution in [1.29, 1.82) is 0 Å². The first-order valence-electron chi connectivity index (χ1n) is 6.19. The van der Waals surface area contributed by atoms with Crippen LogP contribution in [0.2, 0.25) is 5.15 Å². The first-order valence-corrected chi connectivity index (χ1v) is 8.16. The Balaban J connectivity index is 2.16. The fourth-order valence-electron chi connectivity index (χ4n) is 1.94. The van der Waals surface area contributed by atoms with Crippen molar-refractivity contribution in [2.45, 2.75) is 0 Å². The average Bonchev–Trinajstić information content (AvgIpc) is 2.51. The molecule has 0 amide bonds. The molecule has 2 aromatic carbocycles. The molecule has 1 aromatic heterocycles. The minimum atomic E-state index is 0.404. The van der Waals surface area contributed by atoms with Crippen molar-refractivity contribution in [2.75, 3.05) is 0 Å². The Morgan fingerprint density at radius 1 is 0.762 bits per heavy atom. The number of hydrogen-bond donors (Lipinski definition) is 0. The summed E-state index contributed by atoms with van der Waals surface area (Å²) >= 11 is 13.1. The summed E-state index contributed by atoms with van der Waals surface area (Å²) < 4.78 is 1.72. The summed E-state index contributed by atoms with van der Waals surface area (Å²) in [7, 11) is 0. The molecule has 21 heavy (non-hydrogen) atoms. The van der Waals surface area contributed by atoms with Crippen LogP contribution in [-0.4, -0.2) is 9.97 Å². The molecule has 3 rings (SSSR count). The van der Waals surface area contributed by atoms with E-state index in [0.717, 1.165) is 21.3 Å². The van der Waals surface area contributed by atoms with E-state index in [-0.39, 0.29) is 0 Å². The molecule has 0 spiro atoms. The van der Waals surface area contributed by atoms with Gasteiger partial charge in [0.2, 0.25) is 0 Å². The first-order chi connectivity index (χ1) is 10.1. The van der Waals surface area contributed by atoms with Gasteiger partial charge in [0, 0.05) is 15.6 Å². The van der Waals surface area contributed by atoms with Gasteiger partial charge in [-0.1, -0.05) is 70.0 Å². The maximum absolute atomic E-state index is 6.24. The highest BCUT2D eigenvalue weighted by Gasteiger charge is 2.13. The molecular formula is C16H9Br2ClN2. The van der Waals surface area contributed by atoms with Crippen molar-refractivity contribution in [3.05, 3.63) is 68.7 Å². The second-order valence-electron chi connectivity index (χ2n) is 4.37. The lowest BCUT2D eigenvalue weighted by atomic mass is 10.1. The van der Waals surface area contributed by atoms with Crippen LogP contribution >= 0.6 is 43.5 Å². The maximum atomic E-state index is 6.24. The summed E-state index contributed by atoms with van der Waals surface area (Å²) in [5.41, 5.74) is 2.70. The smallest absolute Gasteiger partial charge is 0.161 e. The van der Waals surface area contributed by atoms with Crippen molar-refractivity contribution < 1.29 is 0 Å². The van der Waals surface area contributed by atoms with Crippen molar-refractivity contribution in [1.82, 2.24) is 9.97 Å². The Labute approximate surface area is 144 Å². The second kappa shape index (κ2) is 6.26. The molecule has 0 aliphatic rings. The van der Waals surface area contributed by atoms with Gasteiger partial charge < -0.3 is 0 Å². The van der Waals surface area contributed by atoms with E-state index in [9.17, 15) is 0 Å². The minimum Gasteiger partial charge on any atom is -0.227 e. The Kier molecular flexibility index (Phi) is 4.38. The zero-order valence-electron chi connectivity index (χ0n) is 10.7. The third kappa shape index (κ3) is 3.18. The van der Waals surface area contributed by atoms with Gasteiger partial charge in [-0.05, 0) is 28.1 Å². The van der Waals surface area contributed by atoms with Gasteiger partial charge in [-0.15, -0.1) is 0 Å². The fourth-order valence-corrected chi connectivity index (χ4v) is 2.78. The monoisotopic (exact) mass is 422 g/mol. The van der Waals surface area contributed by atoms with E-state index >= 15 is 0 Å². The van der Waals surface area contributed by atoms with Crippen molar-refractivity contribution in [3.8, 4) is 22.6 Å². The average molecular weight is 425 g/mol. The lowest BCUT2D eigenvalue weighted by Gasteiger charge is -2.08. The highest BCUT2D eigenvalue weighted by atomic mass is 79.9. The second-order valence-corrected chi connectivity index (χ2v) is 6.44. The minimum absolute atomic E-state index is 0.404. The summed E-state index contributed by atoms with van der Waals surface area (Å²) in [6, 6.07) is 17.7. The fraction of sp³-hybridized carbons (Fsp3) is 0. The summed E-state index contributed by atoms with van der Waals surface area (Å²) in [5.74, 6) is 0.606. The van der Waals surface area contributed by atoms with Gasteiger partial charge in [0.15, 0.2) is 5.82 Å². The van der Waals surface area contributed by atoms with Crippen LogP contribution in [0.3, 0.4) is 0 Å². The van der Waals surface area contributed by atoms with Gasteiger partial charge in [-0.25, -0.2) is 9.97 Å². The molecular weight excluding hydrogens is 415 g/mol. The first kappa shape index (κ1) is 14.7. The van der Waals surface area contributed by atoms with Crippen LogP contribution in [0, 0.1) is 0 Å². The van der Waals surface area contributed by atoms with Crippen molar-refractivity contribution >= 4 is 43.5 Å². The molecule has 5 heteroatoms. The molecule has 104 valence electrons. The van der Waals surface area contributed by atoms with E-state index < -0.39 is 0 Å². The summed E-state index contributed by atoms with van der Waals surface area (Å²) in [6.45, 7) is 0. The number of halogens is 3. The standard InChI is InChI=1S/C16H9Br2ClN2/c17-12-8-6-11(7-9-12)16-20-14(13(18)15(19)21-16)10-4-2-1-3-5-10/h1-9H. The molecule has 0 bridgehead atoms. The molecule has 3 aromatic rings. The molecule has 0 radical (unpaired) electrons. The predicted octanol–water partition coefficient (Wildman–Crippen LogP) is 5.99. The highest BCUT2D eigenvalue weighted by Crippen LogP contribution is 2.33. The van der Waals surface area contributed by atoms with Crippen molar-refractivity contribution in [3.63, 3.8) is 0 Å². The van der Waals surface area contributed by atoms with E-state index in [4.69, 9.17) is 11.6 Å². The quantitative estimate of drug-likeness (QED) is 0.472. The van der Waals surface area contributed by atoms with Crippen molar-refractivity contribution in [2.24, 2.45) is 0 Å². The predicted molar refractivity (Wildman–Crippen MR) is 93.3 cm³/mol. The Morgan fingerprint density at radius 2 is 1.43 bits per heavy atom. The van der Waals surface area contributed by atoms with Crippen LogP contribution < -0.4 is 0 Å². The molecule has 0 fully saturated rings. The number of nitrogens with zero attached hydrogens (tertiary/aromatic N) is 2. The van der Waals surface area contributed by atoms with Crippen LogP contribution in [-0.2, 0) is 0 Å². The van der Waals surface area contributed by atoms with Gasteiger partial charge in [0.05, 0.1) is 10.2 Å². The van der Waals surface area contributed by atoms with Crippen LogP contribution in [0.25, 0.3) is 22.6 Å². The molecule has 0 saturated carbocycles. The van der Waals surface area contributed by atoms with E-state index in [2.05, 4.69) is 41.8 Å². The SMILES string of the molecule is Clc1nc(-c2ccc(Br)cc2)nc(-c2ccccc2)c1Br. The van der Waals surface area contributed by atoms with Crippen LogP contribution in [0.4, 0.5) is 0 Å². The Morgan fingerprint density at radius 3 is 2.10 bits per heavy atom. The van der Waals surface area contributed by atoms with Gasteiger partial charge in [-0.3, -0.25) is 0 Å². The molecule has 0 unspecified atom stereocenters. The van der Waals surface area contributed by atoms with Crippen LogP contribution in [0.15, 0.2) is 63.5 Å². The Bertz CT molecular complexity index is 774. The number of hydrogen-bond acceptors (Lipinski definition) is 2. The van der Waals surface area contributed by atoms with Crippen LogP contribution in [0.5, 0.6) is 0 Å². The topological polar surface area (TPSA) is 25.8 Å². The van der Waals surface area contributed by atoms with E-state index in [1.807, 2.05) is 54.6 Å². The lowest BCUT2D eigenvalue weighted by molar-refractivity contribution is 1.16. The highest BCUT2D eigenvalue weighted by molar-refractivity contribution is 9.11. The van der Waals surface area contributed by atoms with Gasteiger partial charge in [0.25, 0.3) is 0 Å². The molecule has 0 atom stereocenters.